The number of halogens is 1. The molecule has 0 unspecified atom stereocenters. The Morgan fingerprint density at radius 2 is 1.94 bits per heavy atom. The summed E-state index contributed by atoms with van der Waals surface area (Å²) in [6, 6.07) is 12.6. The topological polar surface area (TPSA) is 84.7 Å². The fourth-order valence-corrected chi connectivity index (χ4v) is 5.45. The van der Waals surface area contributed by atoms with Crippen molar-refractivity contribution in [3.63, 3.8) is 0 Å². The van der Waals surface area contributed by atoms with Crippen molar-refractivity contribution in [3.8, 4) is 11.1 Å². The lowest BCUT2D eigenvalue weighted by molar-refractivity contribution is -0.148. The van der Waals surface area contributed by atoms with Crippen LogP contribution in [0, 0.1) is 17.7 Å². The van der Waals surface area contributed by atoms with Gasteiger partial charge in [-0.15, -0.1) is 0 Å². The van der Waals surface area contributed by atoms with Crippen molar-refractivity contribution in [1.82, 2.24) is 14.5 Å². The fourth-order valence-electron chi connectivity index (χ4n) is 5.45. The lowest BCUT2D eigenvalue weighted by Crippen LogP contribution is -2.43. The predicted octanol–water partition coefficient (Wildman–Crippen LogP) is 2.39. The number of fused-ring (bicyclic) bond motifs is 3. The van der Waals surface area contributed by atoms with Gasteiger partial charge in [-0.2, -0.15) is 0 Å². The number of rotatable bonds is 5. The summed E-state index contributed by atoms with van der Waals surface area (Å²) in [6.45, 7) is 0.281. The normalized spacial score (nSPS) is 23.8. The number of methoxy groups -OCH3 is 1. The molecule has 7 nitrogen and oxygen atoms in total. The Labute approximate surface area is 190 Å². The number of aromatic nitrogens is 2. The Balaban J connectivity index is 1.61. The van der Waals surface area contributed by atoms with E-state index in [1.807, 2.05) is 11.0 Å². The van der Waals surface area contributed by atoms with Gasteiger partial charge < -0.3 is 14.4 Å². The summed E-state index contributed by atoms with van der Waals surface area (Å²) in [4.78, 5) is 32.1. The highest BCUT2D eigenvalue weighted by molar-refractivity contribution is 5.77. The van der Waals surface area contributed by atoms with E-state index in [0.717, 1.165) is 11.3 Å². The van der Waals surface area contributed by atoms with Crippen LogP contribution in [0.4, 0.5) is 4.39 Å². The van der Waals surface area contributed by atoms with E-state index in [-0.39, 0.29) is 36.5 Å². The van der Waals surface area contributed by atoms with Crippen LogP contribution in [0.3, 0.4) is 0 Å². The highest BCUT2D eigenvalue weighted by Crippen LogP contribution is 2.50. The molecule has 0 radical (unpaired) electrons. The van der Waals surface area contributed by atoms with E-state index in [9.17, 15) is 19.1 Å². The van der Waals surface area contributed by atoms with Gasteiger partial charge in [0.2, 0.25) is 0 Å². The van der Waals surface area contributed by atoms with Crippen molar-refractivity contribution < 1.29 is 19.0 Å². The van der Waals surface area contributed by atoms with Crippen LogP contribution in [0.15, 0.2) is 65.7 Å². The molecule has 4 atom stereocenters. The molecule has 5 rings (SSSR count). The number of aliphatic hydroxyl groups is 1. The number of carbonyl (C=O) groups excluding carboxylic acids is 1. The summed E-state index contributed by atoms with van der Waals surface area (Å²) in [6.07, 6.45) is 3.28. The van der Waals surface area contributed by atoms with Gasteiger partial charge in [0.05, 0.1) is 13.2 Å². The molecule has 1 saturated heterocycles. The molecule has 0 amide bonds. The second-order valence-corrected chi connectivity index (χ2v) is 8.51. The summed E-state index contributed by atoms with van der Waals surface area (Å²) < 4.78 is 21.3. The third-order valence-electron chi connectivity index (χ3n) is 6.94. The quantitative estimate of drug-likeness (QED) is 0.602. The van der Waals surface area contributed by atoms with E-state index in [2.05, 4.69) is 4.98 Å². The largest absolute Gasteiger partial charge is 0.468 e. The van der Waals surface area contributed by atoms with Crippen LogP contribution in [0.2, 0.25) is 0 Å². The number of hydrogen-bond donors (Lipinski definition) is 1. The van der Waals surface area contributed by atoms with E-state index in [4.69, 9.17) is 4.74 Å². The number of nitrogens with zero attached hydrogens (tertiary/aromatic N) is 3. The molecule has 170 valence electrons. The van der Waals surface area contributed by atoms with Gasteiger partial charge in [0.1, 0.15) is 11.9 Å². The summed E-state index contributed by atoms with van der Waals surface area (Å²) in [5.41, 5.74) is 2.40. The Morgan fingerprint density at radius 3 is 2.64 bits per heavy atom. The molecule has 0 saturated carbocycles. The second-order valence-electron chi connectivity index (χ2n) is 8.51. The van der Waals surface area contributed by atoms with E-state index >= 15 is 0 Å². The Hall–Kier alpha value is -3.36. The maximum absolute atomic E-state index is 14.5. The first-order valence-electron chi connectivity index (χ1n) is 10.9. The van der Waals surface area contributed by atoms with Gasteiger partial charge in [0.25, 0.3) is 5.56 Å². The number of aliphatic hydroxyl groups excluding tert-OH is 1. The lowest BCUT2D eigenvalue weighted by Gasteiger charge is -2.30. The molecule has 1 fully saturated rings. The molecule has 2 aromatic heterocycles. The van der Waals surface area contributed by atoms with Gasteiger partial charge >= 0.3 is 5.97 Å². The monoisotopic (exact) mass is 449 g/mol. The SMILES string of the molecule is COC(=O)[C@H]1[C@H](CO)[C@H]2Cn3c(ccc(-c4ccncc4)c3=O)[C@H]2N1Cc1ccccc1F. The first-order valence-corrected chi connectivity index (χ1v) is 10.9. The third kappa shape index (κ3) is 3.46. The molecule has 2 aliphatic heterocycles. The van der Waals surface area contributed by atoms with Gasteiger partial charge in [0.15, 0.2) is 0 Å². The molecule has 1 N–H and O–H groups in total. The van der Waals surface area contributed by atoms with Crippen molar-refractivity contribution in [2.75, 3.05) is 13.7 Å². The van der Waals surface area contributed by atoms with Gasteiger partial charge in [-0.25, -0.2) is 4.39 Å². The summed E-state index contributed by atoms with van der Waals surface area (Å²) in [5, 5.41) is 10.2. The third-order valence-corrected chi connectivity index (χ3v) is 6.94. The Bertz CT molecular complexity index is 1250. The molecule has 2 aliphatic rings. The molecular formula is C25H24FN3O4. The first-order chi connectivity index (χ1) is 16.0. The average molecular weight is 449 g/mol. The predicted molar refractivity (Wildman–Crippen MR) is 118 cm³/mol. The minimum atomic E-state index is -0.738. The first kappa shape index (κ1) is 21.5. The van der Waals surface area contributed by atoms with E-state index < -0.39 is 17.9 Å². The summed E-state index contributed by atoms with van der Waals surface area (Å²) in [5.74, 6) is -1.47. The van der Waals surface area contributed by atoms with E-state index in [1.165, 1.54) is 13.2 Å². The minimum absolute atomic E-state index is 0.134. The number of hydrogen-bond acceptors (Lipinski definition) is 6. The molecule has 4 heterocycles. The Morgan fingerprint density at radius 1 is 1.18 bits per heavy atom. The summed E-state index contributed by atoms with van der Waals surface area (Å²) >= 11 is 0. The van der Waals surface area contributed by atoms with Crippen LogP contribution >= 0.6 is 0 Å². The van der Waals surface area contributed by atoms with Gasteiger partial charge in [0, 0.05) is 60.7 Å². The van der Waals surface area contributed by atoms with Crippen molar-refractivity contribution in [2.24, 2.45) is 11.8 Å². The van der Waals surface area contributed by atoms with Crippen molar-refractivity contribution in [3.05, 3.63) is 88.4 Å². The zero-order valence-electron chi connectivity index (χ0n) is 18.1. The molecule has 3 aromatic rings. The molecule has 1 aromatic carbocycles. The van der Waals surface area contributed by atoms with Crippen LogP contribution in [0.5, 0.6) is 0 Å². The maximum atomic E-state index is 14.5. The standard InChI is InChI=1S/C25H24FN3O4/c1-33-25(32)23-19(14-30)18-13-28-21(7-6-17(24(28)31)15-8-10-27-11-9-15)22(18)29(23)12-16-4-2-3-5-20(16)26/h2-11,18-19,22-23,30H,12-14H2,1H3/t18-,19-,22+,23-/m1/s1. The highest BCUT2D eigenvalue weighted by atomic mass is 19.1. The highest BCUT2D eigenvalue weighted by Gasteiger charge is 2.56. The minimum Gasteiger partial charge on any atom is -0.468 e. The fraction of sp³-hybridized carbons (Fsp3) is 0.320. The van der Waals surface area contributed by atoms with E-state index in [0.29, 0.717) is 17.7 Å². The van der Waals surface area contributed by atoms with Crippen LogP contribution in [0.1, 0.15) is 17.3 Å². The van der Waals surface area contributed by atoms with Crippen LogP contribution in [0.25, 0.3) is 11.1 Å². The van der Waals surface area contributed by atoms with Gasteiger partial charge in [-0.3, -0.25) is 19.5 Å². The second kappa shape index (κ2) is 8.53. The molecule has 8 heteroatoms. The zero-order valence-corrected chi connectivity index (χ0v) is 18.1. The Kier molecular flexibility index (Phi) is 5.55. The van der Waals surface area contributed by atoms with Crippen LogP contribution in [-0.2, 0) is 22.6 Å². The van der Waals surface area contributed by atoms with Crippen LogP contribution < -0.4 is 5.56 Å². The molecule has 0 spiro atoms. The number of pyridine rings is 2. The molecule has 0 aliphatic carbocycles. The van der Waals surface area contributed by atoms with E-state index in [1.54, 1.807) is 53.4 Å². The average Bonchev–Trinajstić information content (AvgIpc) is 3.36. The number of esters is 1. The van der Waals surface area contributed by atoms with Crippen molar-refractivity contribution in [2.45, 2.75) is 25.2 Å². The maximum Gasteiger partial charge on any atom is 0.323 e. The molecule has 33 heavy (non-hydrogen) atoms. The number of ether oxygens (including phenoxy) is 1. The van der Waals surface area contributed by atoms with Gasteiger partial charge in [-0.1, -0.05) is 18.2 Å². The number of carbonyl (C=O) groups is 1. The van der Waals surface area contributed by atoms with Gasteiger partial charge in [-0.05, 0) is 35.9 Å². The van der Waals surface area contributed by atoms with Crippen molar-refractivity contribution in [1.29, 1.82) is 0 Å². The van der Waals surface area contributed by atoms with Crippen molar-refractivity contribution >= 4 is 5.97 Å². The lowest BCUT2D eigenvalue weighted by atomic mass is 9.88. The smallest absolute Gasteiger partial charge is 0.323 e. The van der Waals surface area contributed by atoms with Crippen LogP contribution in [-0.4, -0.2) is 45.3 Å². The zero-order chi connectivity index (χ0) is 23.1. The number of likely N-dealkylation sites (tertiary alicyclic amines) is 1. The molecular weight excluding hydrogens is 425 g/mol. The molecule has 0 bridgehead atoms. The number of benzene rings is 1. The summed E-state index contributed by atoms with van der Waals surface area (Å²) in [7, 11) is 1.31.